The Morgan fingerprint density at radius 2 is 1.83 bits per heavy atom. The van der Waals surface area contributed by atoms with E-state index in [-0.39, 0.29) is 42.5 Å². The normalized spacial score (nSPS) is 22.6. The van der Waals surface area contributed by atoms with E-state index in [4.69, 9.17) is 0 Å². The fraction of sp³-hybridized carbons (Fsp3) is 0.421. The highest BCUT2D eigenvalue weighted by Gasteiger charge is 2.46. The Morgan fingerprint density at radius 1 is 1.17 bits per heavy atom. The van der Waals surface area contributed by atoms with Crippen LogP contribution in [0.1, 0.15) is 31.7 Å². The van der Waals surface area contributed by atoms with Crippen LogP contribution in [0.3, 0.4) is 0 Å². The first-order valence-electron chi connectivity index (χ1n) is 8.49. The lowest BCUT2D eigenvalue weighted by molar-refractivity contribution is -0.140. The maximum atomic E-state index is 12.3. The molecule has 2 atom stereocenters. The molecule has 1 fully saturated rings. The highest BCUT2D eigenvalue weighted by atomic mass is 16.2. The summed E-state index contributed by atoms with van der Waals surface area (Å²) in [6, 6.07) is 7.68. The molecular weight excluding hydrogens is 304 g/mol. The van der Waals surface area contributed by atoms with Crippen LogP contribution in [0, 0.1) is 11.8 Å². The number of nitrogens with one attached hydrogen (secondary N) is 1. The quantitative estimate of drug-likeness (QED) is 0.668. The molecule has 5 nitrogen and oxygen atoms in total. The maximum Gasteiger partial charge on any atom is 0.233 e. The summed E-state index contributed by atoms with van der Waals surface area (Å²) in [4.78, 5) is 38.1. The monoisotopic (exact) mass is 326 g/mol. The first-order valence-corrected chi connectivity index (χ1v) is 8.49. The summed E-state index contributed by atoms with van der Waals surface area (Å²) in [6.45, 7) is 2.21. The van der Waals surface area contributed by atoms with Crippen LogP contribution < -0.4 is 5.32 Å². The van der Waals surface area contributed by atoms with Crippen LogP contribution in [0.25, 0.3) is 0 Å². The summed E-state index contributed by atoms with van der Waals surface area (Å²) >= 11 is 0. The molecule has 1 saturated heterocycles. The second-order valence-corrected chi connectivity index (χ2v) is 6.34. The molecular formula is C19H22N2O3. The van der Waals surface area contributed by atoms with Gasteiger partial charge in [-0.3, -0.25) is 19.3 Å². The lowest BCUT2D eigenvalue weighted by atomic mass is 9.85. The number of carbonyl (C=O) groups is 3. The molecule has 5 heteroatoms. The summed E-state index contributed by atoms with van der Waals surface area (Å²) in [5, 5.41) is 2.83. The van der Waals surface area contributed by atoms with E-state index < -0.39 is 0 Å². The Bertz CT molecular complexity index is 670. The molecule has 1 heterocycles. The first kappa shape index (κ1) is 16.4. The van der Waals surface area contributed by atoms with Crippen molar-refractivity contribution in [3.05, 3.63) is 42.0 Å². The van der Waals surface area contributed by atoms with Crippen molar-refractivity contribution in [2.75, 3.05) is 11.9 Å². The van der Waals surface area contributed by atoms with Gasteiger partial charge in [0.15, 0.2) is 0 Å². The van der Waals surface area contributed by atoms with Crippen molar-refractivity contribution < 1.29 is 14.4 Å². The molecule has 126 valence electrons. The van der Waals surface area contributed by atoms with Gasteiger partial charge < -0.3 is 5.32 Å². The molecule has 3 amide bonds. The van der Waals surface area contributed by atoms with E-state index >= 15 is 0 Å². The van der Waals surface area contributed by atoms with Crippen LogP contribution in [0.2, 0.25) is 0 Å². The number of benzene rings is 1. The van der Waals surface area contributed by atoms with Gasteiger partial charge in [-0.2, -0.15) is 0 Å². The summed E-state index contributed by atoms with van der Waals surface area (Å²) in [6.07, 6.45) is 6.20. The molecule has 1 N–H and O–H groups in total. The number of hydrogen-bond donors (Lipinski definition) is 1. The molecule has 0 radical (unpaired) electrons. The molecule has 2 aliphatic rings. The minimum Gasteiger partial charge on any atom is -0.326 e. The average Bonchev–Trinajstić information content (AvgIpc) is 2.84. The largest absolute Gasteiger partial charge is 0.326 e. The Labute approximate surface area is 141 Å². The zero-order chi connectivity index (χ0) is 17.1. The Morgan fingerprint density at radius 3 is 2.46 bits per heavy atom. The van der Waals surface area contributed by atoms with Crippen molar-refractivity contribution >= 4 is 23.4 Å². The number of aryl methyl sites for hydroxylation is 1. The molecule has 1 aromatic rings. The first-order chi connectivity index (χ1) is 11.6. The number of carbonyl (C=O) groups excluding carboxylic acids is 3. The van der Waals surface area contributed by atoms with E-state index in [9.17, 15) is 14.4 Å². The number of nitrogens with zero attached hydrogens (tertiary/aromatic N) is 1. The SMILES string of the molecule is CCc1cccc(NC(=O)CCN2C(=O)[C@H]3CC=CC[C@H]3C2=O)c1. The van der Waals surface area contributed by atoms with Crippen molar-refractivity contribution in [3.63, 3.8) is 0 Å². The van der Waals surface area contributed by atoms with Crippen LogP contribution in [0.4, 0.5) is 5.69 Å². The van der Waals surface area contributed by atoms with Gasteiger partial charge in [0, 0.05) is 18.7 Å². The van der Waals surface area contributed by atoms with Gasteiger partial charge in [0.1, 0.15) is 0 Å². The van der Waals surface area contributed by atoms with E-state index in [2.05, 4.69) is 12.2 Å². The Balaban J connectivity index is 1.56. The Kier molecular flexibility index (Phi) is 4.79. The van der Waals surface area contributed by atoms with Crippen LogP contribution in [0.5, 0.6) is 0 Å². The number of hydrogen-bond acceptors (Lipinski definition) is 3. The van der Waals surface area contributed by atoms with Gasteiger partial charge >= 0.3 is 0 Å². The van der Waals surface area contributed by atoms with Crippen molar-refractivity contribution in [1.29, 1.82) is 0 Å². The number of rotatable bonds is 5. The predicted octanol–water partition coefficient (Wildman–Crippen LogP) is 2.53. The fourth-order valence-electron chi connectivity index (χ4n) is 3.40. The number of amides is 3. The van der Waals surface area contributed by atoms with Gasteiger partial charge in [0.25, 0.3) is 0 Å². The summed E-state index contributed by atoms with van der Waals surface area (Å²) in [7, 11) is 0. The summed E-state index contributed by atoms with van der Waals surface area (Å²) in [5.74, 6) is -0.902. The zero-order valence-corrected chi connectivity index (χ0v) is 13.8. The van der Waals surface area contributed by atoms with E-state index in [1.54, 1.807) is 0 Å². The lowest BCUT2D eigenvalue weighted by Gasteiger charge is -2.14. The molecule has 3 rings (SSSR count). The number of fused-ring (bicyclic) bond motifs is 1. The van der Waals surface area contributed by atoms with E-state index in [1.165, 1.54) is 4.90 Å². The van der Waals surface area contributed by atoms with Gasteiger partial charge in [-0.25, -0.2) is 0 Å². The molecule has 24 heavy (non-hydrogen) atoms. The molecule has 0 saturated carbocycles. The minimum atomic E-state index is -0.230. The standard InChI is InChI=1S/C19H22N2O3/c1-2-13-6-5-7-14(12-13)20-17(22)10-11-21-18(23)15-8-3-4-9-16(15)19(21)24/h3-7,12,15-16H,2,8-11H2,1H3,(H,20,22)/t15-,16+. The summed E-state index contributed by atoms with van der Waals surface area (Å²) < 4.78 is 0. The van der Waals surface area contributed by atoms with Crippen LogP contribution in [0.15, 0.2) is 36.4 Å². The smallest absolute Gasteiger partial charge is 0.233 e. The van der Waals surface area contributed by atoms with Gasteiger partial charge in [-0.05, 0) is 37.0 Å². The van der Waals surface area contributed by atoms with E-state index in [0.717, 1.165) is 17.7 Å². The van der Waals surface area contributed by atoms with Crippen molar-refractivity contribution in [3.8, 4) is 0 Å². The zero-order valence-electron chi connectivity index (χ0n) is 13.8. The van der Waals surface area contributed by atoms with Crippen molar-refractivity contribution in [2.45, 2.75) is 32.6 Å². The fourth-order valence-corrected chi connectivity index (χ4v) is 3.40. The molecule has 1 aliphatic heterocycles. The average molecular weight is 326 g/mol. The van der Waals surface area contributed by atoms with Crippen LogP contribution in [-0.2, 0) is 20.8 Å². The number of likely N-dealkylation sites (tertiary alicyclic amines) is 1. The molecule has 0 aromatic heterocycles. The highest BCUT2D eigenvalue weighted by molar-refractivity contribution is 6.05. The predicted molar refractivity (Wildman–Crippen MR) is 91.1 cm³/mol. The Hall–Kier alpha value is -2.43. The van der Waals surface area contributed by atoms with E-state index in [0.29, 0.717) is 12.8 Å². The topological polar surface area (TPSA) is 66.5 Å². The second kappa shape index (κ2) is 6.99. The van der Waals surface area contributed by atoms with Gasteiger partial charge in [0.2, 0.25) is 17.7 Å². The van der Waals surface area contributed by atoms with Gasteiger partial charge in [0.05, 0.1) is 11.8 Å². The van der Waals surface area contributed by atoms with Crippen LogP contribution in [-0.4, -0.2) is 29.2 Å². The maximum absolute atomic E-state index is 12.3. The molecule has 1 aromatic carbocycles. The third-order valence-electron chi connectivity index (χ3n) is 4.78. The molecule has 0 unspecified atom stereocenters. The molecule has 1 aliphatic carbocycles. The van der Waals surface area contributed by atoms with Gasteiger partial charge in [-0.1, -0.05) is 31.2 Å². The van der Waals surface area contributed by atoms with E-state index in [1.807, 2.05) is 36.4 Å². The summed E-state index contributed by atoms with van der Waals surface area (Å²) in [5.41, 5.74) is 1.89. The van der Waals surface area contributed by atoms with Crippen molar-refractivity contribution in [1.82, 2.24) is 4.90 Å². The highest BCUT2D eigenvalue weighted by Crippen LogP contribution is 2.35. The minimum absolute atomic E-state index is 0.126. The molecule has 0 bridgehead atoms. The number of anilines is 1. The molecule has 0 spiro atoms. The van der Waals surface area contributed by atoms with Gasteiger partial charge in [-0.15, -0.1) is 0 Å². The number of imide groups is 1. The third-order valence-corrected chi connectivity index (χ3v) is 4.78. The lowest BCUT2D eigenvalue weighted by Crippen LogP contribution is -2.34. The third kappa shape index (κ3) is 3.25. The second-order valence-electron chi connectivity index (χ2n) is 6.34. The van der Waals surface area contributed by atoms with Crippen LogP contribution >= 0.6 is 0 Å². The number of allylic oxidation sites excluding steroid dienone is 2. The van der Waals surface area contributed by atoms with Crippen molar-refractivity contribution in [2.24, 2.45) is 11.8 Å².